The van der Waals surface area contributed by atoms with Crippen molar-refractivity contribution in [3.8, 4) is 5.75 Å². The normalized spacial score (nSPS) is 18.4. The Labute approximate surface area is 111 Å². The molecular formula is C14H22O3Si. The molecule has 0 aliphatic carbocycles. The molecule has 1 aromatic rings. The smallest absolute Gasteiger partial charge is 0.219 e. The van der Waals surface area contributed by atoms with Gasteiger partial charge in [-0.1, -0.05) is 12.1 Å². The van der Waals surface area contributed by atoms with Gasteiger partial charge in [-0.3, -0.25) is 0 Å². The summed E-state index contributed by atoms with van der Waals surface area (Å²) in [5.41, 5.74) is 2.57. The van der Waals surface area contributed by atoms with E-state index < -0.39 is 9.76 Å². The number of epoxide rings is 1. The third-order valence-electron chi connectivity index (χ3n) is 3.20. The van der Waals surface area contributed by atoms with Crippen LogP contribution in [0, 0.1) is 13.8 Å². The van der Waals surface area contributed by atoms with Gasteiger partial charge in [0.05, 0.1) is 13.2 Å². The highest BCUT2D eigenvalue weighted by molar-refractivity contribution is 6.28. The zero-order valence-corrected chi connectivity index (χ0v) is 12.7. The predicted molar refractivity (Wildman–Crippen MR) is 75.1 cm³/mol. The van der Waals surface area contributed by atoms with E-state index in [0.717, 1.165) is 32.0 Å². The second-order valence-electron chi connectivity index (χ2n) is 4.78. The number of benzene rings is 1. The molecule has 1 atom stereocenters. The van der Waals surface area contributed by atoms with Gasteiger partial charge in [0, 0.05) is 6.61 Å². The van der Waals surface area contributed by atoms with Crippen molar-refractivity contribution in [2.75, 3.05) is 19.8 Å². The summed E-state index contributed by atoms with van der Waals surface area (Å²) in [5, 5.41) is 0. The largest absolute Gasteiger partial charge is 0.549 e. The van der Waals surface area contributed by atoms with Gasteiger partial charge in [0.25, 0.3) is 0 Å². The van der Waals surface area contributed by atoms with Crippen LogP contribution in [-0.4, -0.2) is 35.7 Å². The van der Waals surface area contributed by atoms with Crippen LogP contribution in [0.25, 0.3) is 0 Å². The molecule has 2 rings (SSSR count). The van der Waals surface area contributed by atoms with Crippen LogP contribution in [0.1, 0.15) is 17.5 Å². The molecule has 0 saturated carbocycles. The lowest BCUT2D eigenvalue weighted by Crippen LogP contribution is -2.07. The van der Waals surface area contributed by atoms with E-state index in [0.29, 0.717) is 6.10 Å². The molecule has 1 aromatic carbocycles. The Kier molecular flexibility index (Phi) is 5.22. The molecule has 1 saturated heterocycles. The van der Waals surface area contributed by atoms with E-state index in [1.807, 2.05) is 0 Å². The predicted octanol–water partition coefficient (Wildman–Crippen LogP) is 1.99. The van der Waals surface area contributed by atoms with Crippen LogP contribution in [-0.2, 0) is 9.47 Å². The lowest BCUT2D eigenvalue weighted by atomic mass is 10.1. The fraction of sp³-hybridized carbons (Fsp3) is 0.571. The molecule has 0 amide bonds. The summed E-state index contributed by atoms with van der Waals surface area (Å²) in [6, 6.07) is 7.41. The van der Waals surface area contributed by atoms with E-state index in [1.54, 1.807) is 0 Å². The van der Waals surface area contributed by atoms with E-state index >= 15 is 0 Å². The van der Waals surface area contributed by atoms with Crippen LogP contribution < -0.4 is 4.43 Å². The van der Waals surface area contributed by atoms with Crippen LogP contribution in [0.15, 0.2) is 18.2 Å². The first-order chi connectivity index (χ1) is 8.77. The Morgan fingerprint density at radius 3 is 3.00 bits per heavy atom. The number of hydrogen-bond donors (Lipinski definition) is 0. The van der Waals surface area contributed by atoms with Gasteiger partial charge in [-0.2, -0.15) is 0 Å². The van der Waals surface area contributed by atoms with Crippen LogP contribution >= 0.6 is 0 Å². The highest BCUT2D eigenvalue weighted by Crippen LogP contribution is 2.20. The minimum atomic E-state index is -0.467. The van der Waals surface area contributed by atoms with Crippen molar-refractivity contribution in [1.82, 2.24) is 0 Å². The molecule has 1 fully saturated rings. The first-order valence-electron chi connectivity index (χ1n) is 6.66. The maximum atomic E-state index is 5.92. The topological polar surface area (TPSA) is 31.0 Å². The molecule has 3 nitrogen and oxygen atoms in total. The number of hydrogen-bond acceptors (Lipinski definition) is 3. The Balaban J connectivity index is 1.55. The fourth-order valence-electron chi connectivity index (χ4n) is 1.75. The SMILES string of the molecule is Cc1cccc(O[SiH2]CCCOCC2CO2)c1C. The third kappa shape index (κ3) is 4.44. The summed E-state index contributed by atoms with van der Waals surface area (Å²) in [5.74, 6) is 1.06. The van der Waals surface area contributed by atoms with Gasteiger partial charge in [-0.15, -0.1) is 0 Å². The van der Waals surface area contributed by atoms with Gasteiger partial charge in [0.15, 0.2) is 0 Å². The number of aryl methyl sites for hydroxylation is 1. The van der Waals surface area contributed by atoms with Gasteiger partial charge in [0.2, 0.25) is 9.76 Å². The Bertz CT molecular complexity index is 377. The molecule has 1 unspecified atom stereocenters. The second kappa shape index (κ2) is 6.92. The summed E-state index contributed by atoms with van der Waals surface area (Å²) in [7, 11) is -0.467. The Morgan fingerprint density at radius 1 is 1.39 bits per heavy atom. The van der Waals surface area contributed by atoms with Crippen LogP contribution in [0.5, 0.6) is 5.75 Å². The average molecular weight is 266 g/mol. The van der Waals surface area contributed by atoms with Crippen molar-refractivity contribution in [3.63, 3.8) is 0 Å². The minimum absolute atomic E-state index is 0.383. The van der Waals surface area contributed by atoms with Gasteiger partial charge in [-0.05, 0) is 43.5 Å². The van der Waals surface area contributed by atoms with Crippen molar-refractivity contribution in [2.24, 2.45) is 0 Å². The summed E-state index contributed by atoms with van der Waals surface area (Å²) >= 11 is 0. The maximum absolute atomic E-state index is 5.92. The fourth-order valence-corrected chi connectivity index (χ4v) is 2.83. The monoisotopic (exact) mass is 266 g/mol. The summed E-state index contributed by atoms with van der Waals surface area (Å²) in [4.78, 5) is 0. The maximum Gasteiger partial charge on any atom is 0.219 e. The summed E-state index contributed by atoms with van der Waals surface area (Å²) < 4.78 is 16.5. The number of rotatable bonds is 8. The molecule has 1 aliphatic rings. The van der Waals surface area contributed by atoms with E-state index in [1.165, 1.54) is 17.2 Å². The highest BCUT2D eigenvalue weighted by atomic mass is 28.2. The molecule has 1 heterocycles. The average Bonchev–Trinajstić information content (AvgIpc) is 3.17. The third-order valence-corrected chi connectivity index (χ3v) is 4.51. The lowest BCUT2D eigenvalue weighted by molar-refractivity contribution is 0.117. The standard InChI is InChI=1S/C14H22O3Si/c1-11-5-3-6-14(12(11)2)17-18-8-4-7-15-9-13-10-16-13/h3,5-6,13H,4,7-10,18H2,1-2H3. The zero-order valence-electron chi connectivity index (χ0n) is 11.3. The van der Waals surface area contributed by atoms with Gasteiger partial charge < -0.3 is 13.9 Å². The quantitative estimate of drug-likeness (QED) is 0.409. The van der Waals surface area contributed by atoms with Crippen LogP contribution in [0.4, 0.5) is 0 Å². The van der Waals surface area contributed by atoms with Gasteiger partial charge in [-0.25, -0.2) is 0 Å². The zero-order chi connectivity index (χ0) is 12.8. The highest BCUT2D eigenvalue weighted by Gasteiger charge is 2.21. The molecule has 1 aliphatic heterocycles. The van der Waals surface area contributed by atoms with Gasteiger partial charge in [0.1, 0.15) is 11.9 Å². The molecule has 100 valence electrons. The Morgan fingerprint density at radius 2 is 2.22 bits per heavy atom. The molecule has 0 spiro atoms. The molecule has 0 aromatic heterocycles. The van der Waals surface area contributed by atoms with Crippen molar-refractivity contribution in [1.29, 1.82) is 0 Å². The molecule has 18 heavy (non-hydrogen) atoms. The first kappa shape index (κ1) is 13.6. The van der Waals surface area contributed by atoms with Gasteiger partial charge >= 0.3 is 0 Å². The van der Waals surface area contributed by atoms with E-state index in [-0.39, 0.29) is 0 Å². The molecular weight excluding hydrogens is 244 g/mol. The van der Waals surface area contributed by atoms with Crippen LogP contribution in [0.2, 0.25) is 6.04 Å². The van der Waals surface area contributed by atoms with E-state index in [4.69, 9.17) is 13.9 Å². The van der Waals surface area contributed by atoms with Crippen molar-refractivity contribution in [2.45, 2.75) is 32.4 Å². The van der Waals surface area contributed by atoms with Crippen molar-refractivity contribution < 1.29 is 13.9 Å². The minimum Gasteiger partial charge on any atom is -0.549 e. The van der Waals surface area contributed by atoms with Crippen LogP contribution in [0.3, 0.4) is 0 Å². The summed E-state index contributed by atoms with van der Waals surface area (Å²) in [6.07, 6.45) is 1.48. The molecule has 4 heteroatoms. The summed E-state index contributed by atoms with van der Waals surface area (Å²) in [6.45, 7) is 6.72. The first-order valence-corrected chi connectivity index (χ1v) is 8.23. The Hall–Kier alpha value is -0.843. The van der Waals surface area contributed by atoms with E-state index in [2.05, 4.69) is 32.0 Å². The van der Waals surface area contributed by atoms with Crippen molar-refractivity contribution in [3.05, 3.63) is 29.3 Å². The molecule has 0 radical (unpaired) electrons. The molecule has 0 N–H and O–H groups in total. The van der Waals surface area contributed by atoms with Crippen molar-refractivity contribution >= 4 is 9.76 Å². The number of ether oxygens (including phenoxy) is 2. The second-order valence-corrected chi connectivity index (χ2v) is 6.19. The van der Waals surface area contributed by atoms with E-state index in [9.17, 15) is 0 Å². The molecule has 0 bridgehead atoms. The lowest BCUT2D eigenvalue weighted by Gasteiger charge is -2.11.